The minimum absolute atomic E-state index is 0.0118. The van der Waals surface area contributed by atoms with Gasteiger partial charge in [0.15, 0.2) is 5.78 Å². The summed E-state index contributed by atoms with van der Waals surface area (Å²) in [7, 11) is 0. The molecule has 3 aromatic rings. The lowest BCUT2D eigenvalue weighted by molar-refractivity contribution is 0.104. The van der Waals surface area contributed by atoms with Crippen LogP contribution in [0.15, 0.2) is 77.8 Å². The van der Waals surface area contributed by atoms with Crippen molar-refractivity contribution in [3.63, 3.8) is 0 Å². The number of unbranched alkanes of at least 4 members (excludes halogenated alkanes) is 2. The van der Waals surface area contributed by atoms with Gasteiger partial charge in [0, 0.05) is 23.4 Å². The molecule has 0 aliphatic rings. The minimum Gasteiger partial charge on any atom is -0.508 e. The van der Waals surface area contributed by atoms with Crippen LogP contribution in [-0.2, 0) is 0 Å². The van der Waals surface area contributed by atoms with Gasteiger partial charge in [-0.3, -0.25) is 9.79 Å². The Morgan fingerprint density at radius 3 is 2.41 bits per heavy atom. The van der Waals surface area contributed by atoms with E-state index in [1.54, 1.807) is 42.5 Å². The lowest BCUT2D eigenvalue weighted by atomic mass is 10.1. The normalized spacial score (nSPS) is 11.3. The van der Waals surface area contributed by atoms with E-state index in [0.29, 0.717) is 16.8 Å². The zero-order chi connectivity index (χ0) is 22.8. The predicted octanol–water partition coefficient (Wildman–Crippen LogP) is 6.31. The summed E-state index contributed by atoms with van der Waals surface area (Å²) in [5.41, 5.74) is 2.62. The van der Waals surface area contributed by atoms with Gasteiger partial charge < -0.3 is 14.9 Å². The van der Waals surface area contributed by atoms with Crippen LogP contribution in [0.1, 0.15) is 47.7 Å². The summed E-state index contributed by atoms with van der Waals surface area (Å²) in [6, 6.07) is 18.9. The number of benzene rings is 3. The van der Waals surface area contributed by atoms with Gasteiger partial charge in [0.2, 0.25) is 0 Å². The molecular formula is C27H27NO4. The third kappa shape index (κ3) is 6.84. The Labute approximate surface area is 188 Å². The second-order valence-corrected chi connectivity index (χ2v) is 7.37. The number of hydrogen-bond acceptors (Lipinski definition) is 5. The van der Waals surface area contributed by atoms with E-state index in [0.717, 1.165) is 30.8 Å². The minimum atomic E-state index is -0.100. The van der Waals surface area contributed by atoms with Gasteiger partial charge in [-0.05, 0) is 66.6 Å². The Bertz CT molecular complexity index is 1080. The monoisotopic (exact) mass is 429 g/mol. The molecule has 32 heavy (non-hydrogen) atoms. The lowest BCUT2D eigenvalue weighted by Gasteiger charge is -2.05. The molecule has 0 saturated heterocycles. The lowest BCUT2D eigenvalue weighted by Crippen LogP contribution is -1.96. The molecule has 0 aliphatic carbocycles. The number of phenolic OH excluding ortho intramolecular Hbond substituents is 2. The van der Waals surface area contributed by atoms with Gasteiger partial charge in [0.25, 0.3) is 0 Å². The molecule has 0 bridgehead atoms. The van der Waals surface area contributed by atoms with Crippen molar-refractivity contribution in [3.05, 3.63) is 89.5 Å². The van der Waals surface area contributed by atoms with Crippen LogP contribution in [0.3, 0.4) is 0 Å². The molecule has 5 heteroatoms. The van der Waals surface area contributed by atoms with Gasteiger partial charge in [0.05, 0.1) is 12.3 Å². The predicted molar refractivity (Wildman–Crippen MR) is 128 cm³/mol. The summed E-state index contributed by atoms with van der Waals surface area (Å²) in [4.78, 5) is 16.7. The number of phenols is 2. The van der Waals surface area contributed by atoms with Crippen molar-refractivity contribution in [2.75, 3.05) is 6.61 Å². The van der Waals surface area contributed by atoms with Gasteiger partial charge >= 0.3 is 0 Å². The first-order valence-corrected chi connectivity index (χ1v) is 10.7. The number of carbonyl (C=O) groups is 1. The van der Waals surface area contributed by atoms with Gasteiger partial charge in [-0.1, -0.05) is 38.0 Å². The Morgan fingerprint density at radius 1 is 0.969 bits per heavy atom. The van der Waals surface area contributed by atoms with Crippen molar-refractivity contribution in [2.45, 2.75) is 26.2 Å². The summed E-state index contributed by atoms with van der Waals surface area (Å²) in [6.07, 6.45) is 8.21. The quantitative estimate of drug-likeness (QED) is 0.171. The van der Waals surface area contributed by atoms with Crippen LogP contribution in [0.2, 0.25) is 0 Å². The van der Waals surface area contributed by atoms with E-state index in [2.05, 4.69) is 11.9 Å². The van der Waals surface area contributed by atoms with E-state index in [4.69, 9.17) is 4.74 Å². The fourth-order valence-electron chi connectivity index (χ4n) is 2.98. The molecule has 2 N–H and O–H groups in total. The highest BCUT2D eigenvalue weighted by Crippen LogP contribution is 2.22. The number of carbonyl (C=O) groups excluding carboxylic acids is 1. The number of hydrogen-bond donors (Lipinski definition) is 2. The summed E-state index contributed by atoms with van der Waals surface area (Å²) in [6.45, 7) is 2.88. The highest BCUT2D eigenvalue weighted by Gasteiger charge is 2.03. The molecule has 5 nitrogen and oxygen atoms in total. The first-order valence-electron chi connectivity index (χ1n) is 10.7. The summed E-state index contributed by atoms with van der Waals surface area (Å²) in [5.74, 6) is 0.668. The van der Waals surface area contributed by atoms with Crippen LogP contribution >= 0.6 is 0 Å². The Hall–Kier alpha value is -3.86. The molecular weight excluding hydrogens is 402 g/mol. The van der Waals surface area contributed by atoms with Gasteiger partial charge in [-0.2, -0.15) is 0 Å². The zero-order valence-electron chi connectivity index (χ0n) is 18.1. The van der Waals surface area contributed by atoms with E-state index >= 15 is 0 Å². The molecule has 0 fully saturated rings. The number of ether oxygens (including phenoxy) is 1. The largest absolute Gasteiger partial charge is 0.508 e. The van der Waals surface area contributed by atoms with Crippen LogP contribution < -0.4 is 4.74 Å². The van der Waals surface area contributed by atoms with Gasteiger partial charge in [-0.15, -0.1) is 0 Å². The van der Waals surface area contributed by atoms with Crippen LogP contribution in [-0.4, -0.2) is 28.8 Å². The molecule has 0 amide bonds. The Morgan fingerprint density at radius 2 is 1.72 bits per heavy atom. The number of ketones is 1. The first-order chi connectivity index (χ1) is 15.5. The second-order valence-electron chi connectivity index (χ2n) is 7.37. The Kier molecular flexibility index (Phi) is 8.21. The maximum atomic E-state index is 12.4. The van der Waals surface area contributed by atoms with E-state index < -0.39 is 0 Å². The fourth-order valence-corrected chi connectivity index (χ4v) is 2.98. The third-order valence-electron chi connectivity index (χ3n) is 4.84. The summed E-state index contributed by atoms with van der Waals surface area (Å²) >= 11 is 0. The van der Waals surface area contributed by atoms with E-state index in [-0.39, 0.29) is 17.3 Å². The van der Waals surface area contributed by atoms with E-state index in [1.165, 1.54) is 24.8 Å². The van der Waals surface area contributed by atoms with Crippen LogP contribution in [0.5, 0.6) is 17.2 Å². The van der Waals surface area contributed by atoms with Crippen LogP contribution in [0.4, 0.5) is 5.69 Å². The maximum absolute atomic E-state index is 12.4. The topological polar surface area (TPSA) is 79.1 Å². The van der Waals surface area contributed by atoms with Crippen molar-refractivity contribution < 1.29 is 19.7 Å². The van der Waals surface area contributed by atoms with Crippen molar-refractivity contribution in [2.24, 2.45) is 4.99 Å². The standard InChI is InChI=1S/C27H27NO4/c1-2-3-4-17-32-25-14-5-20(6-15-25)7-16-26(30)21-8-11-23(12-9-21)28-19-22-10-13-24(29)18-27(22)31/h5-16,18-19,29,31H,2-4,17H2,1H3/b16-7+,28-19?. The van der Waals surface area contributed by atoms with E-state index in [1.807, 2.05) is 24.3 Å². The van der Waals surface area contributed by atoms with Crippen molar-refractivity contribution >= 4 is 23.8 Å². The average Bonchev–Trinajstić information content (AvgIpc) is 2.81. The first kappa shape index (κ1) is 22.8. The highest BCUT2D eigenvalue weighted by molar-refractivity contribution is 6.07. The number of allylic oxidation sites excluding steroid dienone is 1. The number of nitrogens with zero attached hydrogens (tertiary/aromatic N) is 1. The molecule has 164 valence electrons. The average molecular weight is 430 g/mol. The number of rotatable bonds is 10. The molecule has 0 aliphatic heterocycles. The number of aromatic hydroxyl groups is 2. The smallest absolute Gasteiger partial charge is 0.185 e. The molecule has 0 spiro atoms. The fraction of sp³-hybridized carbons (Fsp3) is 0.185. The van der Waals surface area contributed by atoms with Crippen molar-refractivity contribution in [3.8, 4) is 17.2 Å². The molecule has 0 saturated carbocycles. The molecule has 0 unspecified atom stereocenters. The van der Waals surface area contributed by atoms with Crippen LogP contribution in [0.25, 0.3) is 6.08 Å². The van der Waals surface area contributed by atoms with E-state index in [9.17, 15) is 15.0 Å². The van der Waals surface area contributed by atoms with Gasteiger partial charge in [-0.25, -0.2) is 0 Å². The summed E-state index contributed by atoms with van der Waals surface area (Å²) in [5, 5.41) is 19.1. The zero-order valence-corrected chi connectivity index (χ0v) is 18.1. The molecule has 0 atom stereocenters. The van der Waals surface area contributed by atoms with Crippen LogP contribution in [0, 0.1) is 0 Å². The molecule has 0 radical (unpaired) electrons. The molecule has 3 rings (SSSR count). The third-order valence-corrected chi connectivity index (χ3v) is 4.84. The second kappa shape index (κ2) is 11.5. The molecule has 0 aromatic heterocycles. The van der Waals surface area contributed by atoms with Crippen molar-refractivity contribution in [1.82, 2.24) is 0 Å². The van der Waals surface area contributed by atoms with Gasteiger partial charge in [0.1, 0.15) is 17.2 Å². The molecule has 0 heterocycles. The van der Waals surface area contributed by atoms with Crippen molar-refractivity contribution in [1.29, 1.82) is 0 Å². The SMILES string of the molecule is CCCCCOc1ccc(/C=C/C(=O)c2ccc(N=Cc3ccc(O)cc3O)cc2)cc1. The highest BCUT2D eigenvalue weighted by atomic mass is 16.5. The molecule has 3 aromatic carbocycles. The maximum Gasteiger partial charge on any atom is 0.185 e. The summed E-state index contributed by atoms with van der Waals surface area (Å²) < 4.78 is 5.70. The number of aliphatic imine (C=N–C) groups is 1. The Balaban J connectivity index is 1.56.